The van der Waals surface area contributed by atoms with Gasteiger partial charge in [-0.25, -0.2) is 4.98 Å². The number of nitrogens with zero attached hydrogens (tertiary/aromatic N) is 2. The summed E-state index contributed by atoms with van der Waals surface area (Å²) < 4.78 is 14.4. The maximum atomic E-state index is 5.73. The molecule has 0 spiro atoms. The number of hydrogen-bond acceptors (Lipinski definition) is 3. The van der Waals surface area contributed by atoms with E-state index in [2.05, 4.69) is 37.6 Å². The van der Waals surface area contributed by atoms with Crippen molar-refractivity contribution < 1.29 is 9.47 Å². The third-order valence-electron chi connectivity index (χ3n) is 3.57. The second kappa shape index (κ2) is 5.48. The summed E-state index contributed by atoms with van der Waals surface area (Å²) in [5, 5.41) is 0. The van der Waals surface area contributed by atoms with Crippen LogP contribution >= 0.6 is 15.9 Å². The average molecular weight is 337 g/mol. The van der Waals surface area contributed by atoms with Crippen molar-refractivity contribution in [1.29, 1.82) is 0 Å². The lowest BCUT2D eigenvalue weighted by molar-refractivity contribution is 0.297. The van der Waals surface area contributed by atoms with Crippen LogP contribution in [0.2, 0.25) is 0 Å². The molecule has 0 radical (unpaired) electrons. The molecule has 0 fully saturated rings. The van der Waals surface area contributed by atoms with E-state index in [1.807, 2.05) is 20.0 Å². The summed E-state index contributed by atoms with van der Waals surface area (Å²) in [7, 11) is 2.03. The first-order valence-electron chi connectivity index (χ1n) is 6.71. The molecule has 4 nitrogen and oxygen atoms in total. The van der Waals surface area contributed by atoms with E-state index in [4.69, 9.17) is 9.47 Å². The van der Waals surface area contributed by atoms with Gasteiger partial charge in [0.1, 0.15) is 10.4 Å². The predicted octanol–water partition coefficient (Wildman–Crippen LogP) is 3.24. The van der Waals surface area contributed by atoms with Crippen LogP contribution in [0, 0.1) is 6.92 Å². The Morgan fingerprint density at radius 3 is 2.70 bits per heavy atom. The molecule has 106 valence electrons. The molecule has 20 heavy (non-hydrogen) atoms. The van der Waals surface area contributed by atoms with Gasteiger partial charge in [-0.3, -0.25) is 0 Å². The van der Waals surface area contributed by atoms with E-state index >= 15 is 0 Å². The Morgan fingerprint density at radius 1 is 1.25 bits per heavy atom. The van der Waals surface area contributed by atoms with Gasteiger partial charge >= 0.3 is 0 Å². The molecule has 1 aliphatic rings. The van der Waals surface area contributed by atoms with Crippen LogP contribution in [-0.2, 0) is 13.5 Å². The molecule has 1 aromatic heterocycles. The second-order valence-electron chi connectivity index (χ2n) is 4.96. The van der Waals surface area contributed by atoms with Gasteiger partial charge in [0.2, 0.25) is 0 Å². The van der Waals surface area contributed by atoms with E-state index in [0.29, 0.717) is 6.61 Å². The van der Waals surface area contributed by atoms with E-state index in [-0.39, 0.29) is 0 Å². The fourth-order valence-corrected chi connectivity index (χ4v) is 2.98. The van der Waals surface area contributed by atoms with E-state index in [0.717, 1.165) is 47.1 Å². The minimum atomic E-state index is 0.713. The molecule has 1 aromatic carbocycles. The predicted molar refractivity (Wildman–Crippen MR) is 80.5 cm³/mol. The molecule has 1 aliphatic heterocycles. The first-order chi connectivity index (χ1) is 9.65. The number of ether oxygens (including phenoxy) is 2. The largest absolute Gasteiger partial charge is 0.490 e. The maximum Gasteiger partial charge on any atom is 0.161 e. The van der Waals surface area contributed by atoms with Crippen LogP contribution in [0.3, 0.4) is 0 Å². The number of halogens is 1. The molecule has 0 amide bonds. The molecular formula is C15H17BrN2O2. The maximum absolute atomic E-state index is 5.73. The minimum absolute atomic E-state index is 0.713. The standard InChI is InChI=1S/C15H17BrN2O2/c1-10-17-15(16)12(18(10)2)8-11-4-5-13-14(9-11)20-7-3-6-19-13/h4-5,9H,3,6-8H2,1-2H3. The third kappa shape index (κ3) is 2.54. The smallest absolute Gasteiger partial charge is 0.161 e. The van der Waals surface area contributed by atoms with Crippen molar-refractivity contribution in [3.63, 3.8) is 0 Å². The van der Waals surface area contributed by atoms with Crippen LogP contribution in [-0.4, -0.2) is 22.8 Å². The fourth-order valence-electron chi connectivity index (χ4n) is 2.32. The number of fused-ring (bicyclic) bond motifs is 1. The summed E-state index contributed by atoms with van der Waals surface area (Å²) >= 11 is 3.52. The quantitative estimate of drug-likeness (QED) is 0.844. The molecular weight excluding hydrogens is 320 g/mol. The van der Waals surface area contributed by atoms with Crippen LogP contribution in [0.5, 0.6) is 11.5 Å². The molecule has 2 heterocycles. The average Bonchev–Trinajstić information content (AvgIpc) is 2.63. The number of hydrogen-bond donors (Lipinski definition) is 0. The Hall–Kier alpha value is -1.49. The molecule has 5 heteroatoms. The van der Waals surface area contributed by atoms with Gasteiger partial charge in [0.25, 0.3) is 0 Å². The molecule has 2 aromatic rings. The van der Waals surface area contributed by atoms with Crippen molar-refractivity contribution in [2.75, 3.05) is 13.2 Å². The van der Waals surface area contributed by atoms with Gasteiger partial charge in [-0.15, -0.1) is 0 Å². The van der Waals surface area contributed by atoms with Gasteiger partial charge in [0, 0.05) is 19.9 Å². The van der Waals surface area contributed by atoms with Crippen molar-refractivity contribution in [3.8, 4) is 11.5 Å². The lowest BCUT2D eigenvalue weighted by Crippen LogP contribution is -2.00. The second-order valence-corrected chi connectivity index (χ2v) is 5.72. The van der Waals surface area contributed by atoms with Gasteiger partial charge in [0.15, 0.2) is 11.5 Å². The molecule has 3 rings (SSSR count). The molecule has 0 atom stereocenters. The number of benzene rings is 1. The van der Waals surface area contributed by atoms with Crippen LogP contribution < -0.4 is 9.47 Å². The third-order valence-corrected chi connectivity index (χ3v) is 4.21. The monoisotopic (exact) mass is 336 g/mol. The summed E-state index contributed by atoms with van der Waals surface area (Å²) in [6.07, 6.45) is 1.74. The van der Waals surface area contributed by atoms with Crippen molar-refractivity contribution >= 4 is 15.9 Å². The Labute approximate surface area is 126 Å². The number of imidazole rings is 1. The Balaban J connectivity index is 1.90. The van der Waals surface area contributed by atoms with Crippen LogP contribution in [0.25, 0.3) is 0 Å². The Kier molecular flexibility index (Phi) is 3.70. The van der Waals surface area contributed by atoms with Gasteiger partial charge in [-0.1, -0.05) is 6.07 Å². The molecule has 0 aliphatic carbocycles. The van der Waals surface area contributed by atoms with E-state index < -0.39 is 0 Å². The Morgan fingerprint density at radius 2 is 2.00 bits per heavy atom. The molecule has 0 saturated heterocycles. The number of aromatic nitrogens is 2. The van der Waals surface area contributed by atoms with Crippen LogP contribution in [0.1, 0.15) is 23.5 Å². The summed E-state index contributed by atoms with van der Waals surface area (Å²) in [5.74, 6) is 2.68. The van der Waals surface area contributed by atoms with Crippen LogP contribution in [0.15, 0.2) is 22.8 Å². The van der Waals surface area contributed by atoms with Crippen molar-refractivity contribution in [2.24, 2.45) is 7.05 Å². The zero-order valence-corrected chi connectivity index (χ0v) is 13.2. The lowest BCUT2D eigenvalue weighted by atomic mass is 10.1. The molecule has 0 bridgehead atoms. The van der Waals surface area contributed by atoms with Crippen molar-refractivity contribution in [3.05, 3.63) is 39.9 Å². The van der Waals surface area contributed by atoms with Crippen molar-refractivity contribution in [1.82, 2.24) is 9.55 Å². The minimum Gasteiger partial charge on any atom is -0.490 e. The van der Waals surface area contributed by atoms with Gasteiger partial charge in [-0.2, -0.15) is 0 Å². The highest BCUT2D eigenvalue weighted by Gasteiger charge is 2.14. The summed E-state index contributed by atoms with van der Waals surface area (Å²) in [6.45, 7) is 3.44. The van der Waals surface area contributed by atoms with Crippen LogP contribution in [0.4, 0.5) is 0 Å². The summed E-state index contributed by atoms with van der Waals surface area (Å²) in [5.41, 5.74) is 2.36. The highest BCUT2D eigenvalue weighted by molar-refractivity contribution is 9.10. The number of rotatable bonds is 2. The summed E-state index contributed by atoms with van der Waals surface area (Å²) in [6, 6.07) is 6.14. The first-order valence-corrected chi connectivity index (χ1v) is 7.50. The fraction of sp³-hybridized carbons (Fsp3) is 0.400. The van der Waals surface area contributed by atoms with Gasteiger partial charge < -0.3 is 14.0 Å². The van der Waals surface area contributed by atoms with E-state index in [9.17, 15) is 0 Å². The number of aryl methyl sites for hydroxylation is 1. The first kappa shape index (κ1) is 13.5. The Bertz CT molecular complexity index is 637. The summed E-state index contributed by atoms with van der Waals surface area (Å²) in [4.78, 5) is 4.43. The molecule has 0 unspecified atom stereocenters. The van der Waals surface area contributed by atoms with E-state index in [1.54, 1.807) is 0 Å². The normalized spacial score (nSPS) is 14.2. The zero-order chi connectivity index (χ0) is 14.1. The van der Waals surface area contributed by atoms with Crippen molar-refractivity contribution in [2.45, 2.75) is 19.8 Å². The van der Waals surface area contributed by atoms with Gasteiger partial charge in [0.05, 0.1) is 18.9 Å². The SMILES string of the molecule is Cc1nc(Br)c(Cc2ccc3c(c2)OCCCO3)n1C. The van der Waals surface area contributed by atoms with E-state index in [1.165, 1.54) is 5.56 Å². The zero-order valence-electron chi connectivity index (χ0n) is 11.6. The highest BCUT2D eigenvalue weighted by atomic mass is 79.9. The topological polar surface area (TPSA) is 36.3 Å². The highest BCUT2D eigenvalue weighted by Crippen LogP contribution is 2.31. The molecule has 0 N–H and O–H groups in total. The van der Waals surface area contributed by atoms with Gasteiger partial charge in [-0.05, 0) is 40.5 Å². The lowest BCUT2D eigenvalue weighted by Gasteiger charge is -2.10. The molecule has 0 saturated carbocycles.